The van der Waals surface area contributed by atoms with E-state index in [9.17, 15) is 24.1 Å². The van der Waals surface area contributed by atoms with Crippen LogP contribution in [0.3, 0.4) is 0 Å². The largest absolute Gasteiger partial charge is 0.480 e. The first-order valence-electron chi connectivity index (χ1n) is 5.71. The Morgan fingerprint density at radius 1 is 1.40 bits per heavy atom. The maximum Gasteiger partial charge on any atom is 0.326 e. The van der Waals surface area contributed by atoms with Crippen LogP contribution < -0.4 is 5.32 Å². The normalized spacial score (nSPS) is 12.0. The monoisotopic (exact) mass is 284 g/mol. The van der Waals surface area contributed by atoms with Crippen molar-refractivity contribution in [3.63, 3.8) is 0 Å². The van der Waals surface area contributed by atoms with Crippen LogP contribution in [-0.4, -0.2) is 27.9 Å². The maximum atomic E-state index is 13.5. The Morgan fingerprint density at radius 2 is 2.00 bits per heavy atom. The van der Waals surface area contributed by atoms with Crippen molar-refractivity contribution in [2.24, 2.45) is 5.92 Å². The molecule has 1 unspecified atom stereocenters. The number of hydrogen-bond donors (Lipinski definition) is 2. The lowest BCUT2D eigenvalue weighted by Gasteiger charge is -2.17. The topological polar surface area (TPSA) is 110 Å². The number of halogens is 1. The number of carbonyl (C=O) groups excluding carboxylic acids is 1. The maximum absolute atomic E-state index is 13.5. The number of hydrogen-bond acceptors (Lipinski definition) is 4. The van der Waals surface area contributed by atoms with Crippen LogP contribution in [0.2, 0.25) is 0 Å². The zero-order chi connectivity index (χ0) is 15.4. The Labute approximate surface area is 113 Å². The average Bonchev–Trinajstić information content (AvgIpc) is 2.34. The van der Waals surface area contributed by atoms with Gasteiger partial charge in [0.1, 0.15) is 11.9 Å². The van der Waals surface area contributed by atoms with E-state index in [4.69, 9.17) is 5.11 Å². The number of nitro groups is 1. The van der Waals surface area contributed by atoms with Crippen molar-refractivity contribution >= 4 is 17.6 Å². The van der Waals surface area contributed by atoms with E-state index in [2.05, 4.69) is 5.32 Å². The molecule has 1 aromatic carbocycles. The number of non-ortho nitro benzene ring substituents is 1. The highest BCUT2D eigenvalue weighted by Crippen LogP contribution is 2.17. The SMILES string of the molecule is CC(C)C(NC(=O)c1cc([N+](=O)[O-])ccc1F)C(=O)O. The Hall–Kier alpha value is -2.51. The Kier molecular flexibility index (Phi) is 4.73. The van der Waals surface area contributed by atoms with Gasteiger partial charge in [0.05, 0.1) is 10.5 Å². The third kappa shape index (κ3) is 3.50. The molecule has 0 bridgehead atoms. The average molecular weight is 284 g/mol. The summed E-state index contributed by atoms with van der Waals surface area (Å²) in [6.07, 6.45) is 0. The van der Waals surface area contributed by atoms with Crippen molar-refractivity contribution in [1.29, 1.82) is 0 Å². The molecule has 2 N–H and O–H groups in total. The first kappa shape index (κ1) is 15.5. The van der Waals surface area contributed by atoms with E-state index in [1.54, 1.807) is 13.8 Å². The van der Waals surface area contributed by atoms with Crippen molar-refractivity contribution in [3.05, 3.63) is 39.7 Å². The summed E-state index contributed by atoms with van der Waals surface area (Å²) in [6.45, 7) is 3.14. The number of nitro benzene ring substituents is 1. The lowest BCUT2D eigenvalue weighted by Crippen LogP contribution is -2.44. The first-order chi connectivity index (χ1) is 9.23. The van der Waals surface area contributed by atoms with Gasteiger partial charge in [-0.1, -0.05) is 13.8 Å². The molecule has 0 aliphatic heterocycles. The summed E-state index contributed by atoms with van der Waals surface area (Å²) in [7, 11) is 0. The summed E-state index contributed by atoms with van der Waals surface area (Å²) < 4.78 is 13.5. The third-order valence-corrected chi connectivity index (χ3v) is 2.62. The molecule has 0 heterocycles. The minimum atomic E-state index is -1.26. The Balaban J connectivity index is 3.05. The van der Waals surface area contributed by atoms with E-state index < -0.39 is 45.8 Å². The molecule has 1 amide bonds. The number of carboxylic acids is 1. The molecular formula is C12H13FN2O5. The van der Waals surface area contributed by atoms with Crippen LogP contribution in [0, 0.1) is 21.8 Å². The smallest absolute Gasteiger partial charge is 0.326 e. The van der Waals surface area contributed by atoms with E-state index in [1.165, 1.54) is 0 Å². The van der Waals surface area contributed by atoms with Gasteiger partial charge >= 0.3 is 5.97 Å². The molecule has 0 radical (unpaired) electrons. The predicted octanol–water partition coefficient (Wildman–Crippen LogP) is 1.57. The van der Waals surface area contributed by atoms with Crippen LogP contribution >= 0.6 is 0 Å². The van der Waals surface area contributed by atoms with E-state index >= 15 is 0 Å². The van der Waals surface area contributed by atoms with Gasteiger partial charge in [-0.25, -0.2) is 9.18 Å². The fourth-order valence-corrected chi connectivity index (χ4v) is 1.53. The number of amides is 1. The summed E-state index contributed by atoms with van der Waals surface area (Å²) in [5.74, 6) is -3.65. The number of nitrogens with one attached hydrogen (secondary N) is 1. The fourth-order valence-electron chi connectivity index (χ4n) is 1.53. The van der Waals surface area contributed by atoms with Crippen LogP contribution in [0.25, 0.3) is 0 Å². The standard InChI is InChI=1S/C12H13FN2O5/c1-6(2)10(12(17)18)14-11(16)8-5-7(15(19)20)3-4-9(8)13/h3-6,10H,1-2H3,(H,14,16)(H,17,18). The van der Waals surface area contributed by atoms with Crippen molar-refractivity contribution < 1.29 is 24.0 Å². The van der Waals surface area contributed by atoms with Crippen LogP contribution in [0.1, 0.15) is 24.2 Å². The third-order valence-electron chi connectivity index (χ3n) is 2.62. The number of aliphatic carboxylic acids is 1. The van der Waals surface area contributed by atoms with E-state index in [0.717, 1.165) is 18.2 Å². The molecule has 1 aromatic rings. The van der Waals surface area contributed by atoms with Crippen molar-refractivity contribution in [2.75, 3.05) is 0 Å². The van der Waals surface area contributed by atoms with Gasteiger partial charge in [0.2, 0.25) is 0 Å². The van der Waals surface area contributed by atoms with Gasteiger partial charge in [-0.15, -0.1) is 0 Å². The van der Waals surface area contributed by atoms with Crippen LogP contribution in [-0.2, 0) is 4.79 Å². The zero-order valence-corrected chi connectivity index (χ0v) is 10.8. The van der Waals surface area contributed by atoms with E-state index in [-0.39, 0.29) is 0 Å². The highest BCUT2D eigenvalue weighted by Gasteiger charge is 2.26. The minimum absolute atomic E-state index is 0.418. The highest BCUT2D eigenvalue weighted by molar-refractivity contribution is 5.97. The molecule has 0 saturated carbocycles. The summed E-state index contributed by atoms with van der Waals surface area (Å²) in [5, 5.41) is 21.7. The van der Waals surface area contributed by atoms with E-state index in [1.807, 2.05) is 0 Å². The zero-order valence-electron chi connectivity index (χ0n) is 10.8. The van der Waals surface area contributed by atoms with Gasteiger partial charge in [0.15, 0.2) is 0 Å². The molecule has 108 valence electrons. The molecular weight excluding hydrogens is 271 g/mol. The Morgan fingerprint density at radius 3 is 2.45 bits per heavy atom. The van der Waals surface area contributed by atoms with E-state index in [0.29, 0.717) is 0 Å². The minimum Gasteiger partial charge on any atom is -0.480 e. The Bertz CT molecular complexity index is 559. The molecule has 8 heteroatoms. The summed E-state index contributed by atoms with van der Waals surface area (Å²) >= 11 is 0. The van der Waals surface area contributed by atoms with Gasteiger partial charge < -0.3 is 10.4 Å². The number of carboxylic acid groups (broad SMARTS) is 1. The molecule has 1 rings (SSSR count). The summed E-state index contributed by atoms with van der Waals surface area (Å²) in [4.78, 5) is 32.6. The molecule has 0 aliphatic rings. The fraction of sp³-hybridized carbons (Fsp3) is 0.333. The highest BCUT2D eigenvalue weighted by atomic mass is 19.1. The molecule has 1 atom stereocenters. The molecule has 0 fully saturated rings. The predicted molar refractivity (Wildman–Crippen MR) is 66.8 cm³/mol. The first-order valence-corrected chi connectivity index (χ1v) is 5.71. The molecule has 0 aromatic heterocycles. The molecule has 20 heavy (non-hydrogen) atoms. The van der Waals surface area contributed by atoms with Crippen molar-refractivity contribution in [1.82, 2.24) is 5.32 Å². The van der Waals surface area contributed by atoms with Gasteiger partial charge in [-0.3, -0.25) is 14.9 Å². The quantitative estimate of drug-likeness (QED) is 0.630. The van der Waals surface area contributed by atoms with Crippen molar-refractivity contribution in [3.8, 4) is 0 Å². The number of carbonyl (C=O) groups is 2. The van der Waals surface area contributed by atoms with Gasteiger partial charge in [-0.05, 0) is 12.0 Å². The molecule has 0 aliphatic carbocycles. The lowest BCUT2D eigenvalue weighted by molar-refractivity contribution is -0.384. The van der Waals surface area contributed by atoms with Crippen LogP contribution in [0.15, 0.2) is 18.2 Å². The lowest BCUT2D eigenvalue weighted by atomic mass is 10.0. The second kappa shape index (κ2) is 6.09. The van der Waals surface area contributed by atoms with Crippen LogP contribution in [0.5, 0.6) is 0 Å². The molecule has 0 saturated heterocycles. The summed E-state index contributed by atoms with van der Waals surface area (Å²) in [6, 6.07) is 1.27. The number of nitrogens with zero attached hydrogens (tertiary/aromatic N) is 1. The second-order valence-corrected chi connectivity index (χ2v) is 4.45. The number of rotatable bonds is 5. The van der Waals surface area contributed by atoms with Crippen LogP contribution in [0.4, 0.5) is 10.1 Å². The second-order valence-electron chi connectivity index (χ2n) is 4.45. The van der Waals surface area contributed by atoms with Gasteiger partial charge in [-0.2, -0.15) is 0 Å². The van der Waals surface area contributed by atoms with Gasteiger partial charge in [0.25, 0.3) is 11.6 Å². The molecule has 7 nitrogen and oxygen atoms in total. The van der Waals surface area contributed by atoms with Gasteiger partial charge in [0, 0.05) is 12.1 Å². The molecule has 0 spiro atoms. The summed E-state index contributed by atoms with van der Waals surface area (Å²) in [5.41, 5.74) is -1.01. The number of benzene rings is 1. The van der Waals surface area contributed by atoms with Crippen molar-refractivity contribution in [2.45, 2.75) is 19.9 Å².